The van der Waals surface area contributed by atoms with Crippen LogP contribution < -0.4 is 0 Å². The Bertz CT molecular complexity index is 637. The van der Waals surface area contributed by atoms with Gasteiger partial charge in [0.15, 0.2) is 5.78 Å². The van der Waals surface area contributed by atoms with Crippen molar-refractivity contribution in [3.63, 3.8) is 0 Å². The number of rotatable bonds is 3. The summed E-state index contributed by atoms with van der Waals surface area (Å²) in [5.41, 5.74) is -0.375. The molecule has 0 unspecified atom stereocenters. The molecule has 2 rings (SSSR count). The molecule has 0 bridgehead atoms. The number of ketones is 1. The van der Waals surface area contributed by atoms with E-state index in [-0.39, 0.29) is 11.1 Å². The summed E-state index contributed by atoms with van der Waals surface area (Å²) in [6.07, 6.45) is -0.422. The maximum absolute atomic E-state index is 13.4. The van der Waals surface area contributed by atoms with Gasteiger partial charge in [-0.1, -0.05) is 6.07 Å². The second-order valence-electron chi connectivity index (χ2n) is 3.96. The second-order valence-corrected chi connectivity index (χ2v) is 3.96. The highest BCUT2D eigenvalue weighted by molar-refractivity contribution is 5.97. The van der Waals surface area contributed by atoms with Gasteiger partial charge in [0.05, 0.1) is 5.56 Å². The third-order valence-corrected chi connectivity index (χ3v) is 2.60. The van der Waals surface area contributed by atoms with Crippen LogP contribution in [0.1, 0.15) is 15.9 Å². The molecular weight excluding hydrogens is 260 g/mol. The van der Waals surface area contributed by atoms with Crippen molar-refractivity contribution in [2.75, 3.05) is 0 Å². The summed E-state index contributed by atoms with van der Waals surface area (Å²) in [5, 5.41) is 0. The second kappa shape index (κ2) is 5.22. The summed E-state index contributed by atoms with van der Waals surface area (Å²) < 4.78 is 52.1. The Balaban J connectivity index is 2.25. The van der Waals surface area contributed by atoms with E-state index in [0.717, 1.165) is 24.3 Å². The predicted octanol–water partition coefficient (Wildman–Crippen LogP) is 3.67. The lowest BCUT2D eigenvalue weighted by atomic mass is 10.0. The Morgan fingerprint density at radius 2 is 1.42 bits per heavy atom. The van der Waals surface area contributed by atoms with Crippen molar-refractivity contribution in [3.8, 4) is 0 Å². The van der Waals surface area contributed by atoms with Gasteiger partial charge in [0.25, 0.3) is 0 Å². The van der Waals surface area contributed by atoms with E-state index in [0.29, 0.717) is 12.1 Å². The van der Waals surface area contributed by atoms with Crippen molar-refractivity contribution in [1.82, 2.24) is 0 Å². The maximum Gasteiger partial charge on any atom is 0.170 e. The SMILES string of the molecule is O=C(Cc1ccc(F)cc1F)c1ccc(F)cc1F. The third-order valence-electron chi connectivity index (χ3n) is 2.60. The highest BCUT2D eigenvalue weighted by Crippen LogP contribution is 2.15. The minimum Gasteiger partial charge on any atom is -0.294 e. The van der Waals surface area contributed by atoms with Crippen molar-refractivity contribution in [2.45, 2.75) is 6.42 Å². The van der Waals surface area contributed by atoms with Crippen LogP contribution in [0.25, 0.3) is 0 Å². The van der Waals surface area contributed by atoms with Crippen molar-refractivity contribution >= 4 is 5.78 Å². The molecule has 0 spiro atoms. The fourth-order valence-electron chi connectivity index (χ4n) is 1.65. The van der Waals surface area contributed by atoms with Crippen molar-refractivity contribution in [2.24, 2.45) is 0 Å². The first-order valence-corrected chi connectivity index (χ1v) is 5.39. The van der Waals surface area contributed by atoms with Gasteiger partial charge < -0.3 is 0 Å². The van der Waals surface area contributed by atoms with Gasteiger partial charge in [-0.05, 0) is 23.8 Å². The molecule has 0 aliphatic carbocycles. The number of carbonyl (C=O) groups excluding carboxylic acids is 1. The highest BCUT2D eigenvalue weighted by atomic mass is 19.1. The van der Waals surface area contributed by atoms with Crippen LogP contribution >= 0.6 is 0 Å². The van der Waals surface area contributed by atoms with Crippen LogP contribution in [0.4, 0.5) is 17.6 Å². The van der Waals surface area contributed by atoms with Crippen LogP contribution in [0.15, 0.2) is 36.4 Å². The largest absolute Gasteiger partial charge is 0.294 e. The molecule has 98 valence electrons. The van der Waals surface area contributed by atoms with Crippen molar-refractivity contribution in [1.29, 1.82) is 0 Å². The average Bonchev–Trinajstić information content (AvgIpc) is 2.32. The number of halogens is 4. The Kier molecular flexibility index (Phi) is 3.64. The molecule has 0 atom stereocenters. The van der Waals surface area contributed by atoms with Gasteiger partial charge >= 0.3 is 0 Å². The molecule has 0 fully saturated rings. The van der Waals surface area contributed by atoms with Gasteiger partial charge in [-0.2, -0.15) is 0 Å². The van der Waals surface area contributed by atoms with Crippen molar-refractivity contribution < 1.29 is 22.4 Å². The molecule has 0 aliphatic rings. The summed E-state index contributed by atoms with van der Waals surface area (Å²) in [5.74, 6) is -4.16. The van der Waals surface area contributed by atoms with E-state index >= 15 is 0 Å². The minimum absolute atomic E-state index is 0.0462. The fraction of sp³-hybridized carbons (Fsp3) is 0.0714. The first kappa shape index (κ1) is 13.3. The molecule has 0 amide bonds. The maximum atomic E-state index is 13.4. The van der Waals surface area contributed by atoms with Gasteiger partial charge in [-0.15, -0.1) is 0 Å². The first-order chi connectivity index (χ1) is 8.97. The molecule has 0 heterocycles. The normalized spacial score (nSPS) is 10.5. The first-order valence-electron chi connectivity index (χ1n) is 5.39. The molecule has 19 heavy (non-hydrogen) atoms. The topological polar surface area (TPSA) is 17.1 Å². The average molecular weight is 268 g/mol. The number of hydrogen-bond acceptors (Lipinski definition) is 1. The standard InChI is InChI=1S/C14H8F4O/c15-9-2-1-8(12(17)6-9)5-14(19)11-4-3-10(16)7-13(11)18/h1-4,6-7H,5H2. The van der Waals surface area contributed by atoms with Crippen LogP contribution in [-0.2, 0) is 6.42 Å². The number of hydrogen-bond donors (Lipinski definition) is 0. The Labute approximate surface area is 106 Å². The monoisotopic (exact) mass is 268 g/mol. The zero-order valence-electron chi connectivity index (χ0n) is 9.59. The molecule has 0 aliphatic heterocycles. The fourth-order valence-corrected chi connectivity index (χ4v) is 1.65. The third kappa shape index (κ3) is 2.99. The molecular formula is C14H8F4O. The van der Waals surface area contributed by atoms with E-state index in [1.165, 1.54) is 0 Å². The summed E-state index contributed by atoms with van der Waals surface area (Å²) in [6, 6.07) is 5.28. The molecule has 0 saturated carbocycles. The lowest BCUT2D eigenvalue weighted by Gasteiger charge is -2.04. The smallest absolute Gasteiger partial charge is 0.170 e. The zero-order valence-corrected chi connectivity index (χ0v) is 9.59. The van der Waals surface area contributed by atoms with E-state index in [4.69, 9.17) is 0 Å². The van der Waals surface area contributed by atoms with E-state index in [1.807, 2.05) is 0 Å². The van der Waals surface area contributed by atoms with E-state index in [2.05, 4.69) is 0 Å². The lowest BCUT2D eigenvalue weighted by molar-refractivity contribution is 0.0988. The van der Waals surface area contributed by atoms with Crippen LogP contribution in [0, 0.1) is 23.3 Å². The van der Waals surface area contributed by atoms with Crippen LogP contribution in [-0.4, -0.2) is 5.78 Å². The van der Waals surface area contributed by atoms with Gasteiger partial charge in [-0.25, -0.2) is 17.6 Å². The van der Waals surface area contributed by atoms with Crippen molar-refractivity contribution in [3.05, 3.63) is 70.8 Å². The van der Waals surface area contributed by atoms with E-state index in [1.54, 1.807) is 0 Å². The summed E-state index contributed by atoms with van der Waals surface area (Å²) in [4.78, 5) is 11.8. The molecule has 1 nitrogen and oxygen atoms in total. The van der Waals surface area contributed by atoms with Gasteiger partial charge in [0, 0.05) is 18.6 Å². The van der Waals surface area contributed by atoms with Crippen LogP contribution in [0.2, 0.25) is 0 Å². The number of carbonyl (C=O) groups is 1. The van der Waals surface area contributed by atoms with Gasteiger partial charge in [0.2, 0.25) is 0 Å². The highest BCUT2D eigenvalue weighted by Gasteiger charge is 2.15. The van der Waals surface area contributed by atoms with Crippen LogP contribution in [0.3, 0.4) is 0 Å². The zero-order chi connectivity index (χ0) is 14.0. The Hall–Kier alpha value is -2.17. The Morgan fingerprint density at radius 1 is 0.842 bits per heavy atom. The molecule has 0 aromatic heterocycles. The van der Waals surface area contributed by atoms with E-state index in [9.17, 15) is 22.4 Å². The number of Topliss-reactive ketones (excluding diaryl/α,β-unsaturated/α-hetero) is 1. The van der Waals surface area contributed by atoms with E-state index < -0.39 is 35.5 Å². The molecule has 2 aromatic rings. The summed E-state index contributed by atoms with van der Waals surface area (Å²) in [6.45, 7) is 0. The minimum atomic E-state index is -1.01. The molecule has 0 N–H and O–H groups in total. The molecule has 5 heteroatoms. The summed E-state index contributed by atoms with van der Waals surface area (Å²) >= 11 is 0. The molecule has 0 radical (unpaired) electrons. The van der Waals surface area contributed by atoms with Gasteiger partial charge in [0.1, 0.15) is 23.3 Å². The summed E-state index contributed by atoms with van der Waals surface area (Å²) in [7, 11) is 0. The van der Waals surface area contributed by atoms with Gasteiger partial charge in [-0.3, -0.25) is 4.79 Å². The molecule has 0 saturated heterocycles. The Morgan fingerprint density at radius 3 is 2.00 bits per heavy atom. The number of benzene rings is 2. The molecule has 2 aromatic carbocycles. The quantitative estimate of drug-likeness (QED) is 0.613. The lowest BCUT2D eigenvalue weighted by Crippen LogP contribution is -2.08. The predicted molar refractivity (Wildman–Crippen MR) is 60.8 cm³/mol. The van der Waals surface area contributed by atoms with Crippen LogP contribution in [0.5, 0.6) is 0 Å².